The molecule has 1 amide bonds. The van der Waals surface area contributed by atoms with Crippen LogP contribution >= 0.6 is 0 Å². The van der Waals surface area contributed by atoms with Gasteiger partial charge in [-0.2, -0.15) is 0 Å². The molecule has 1 fully saturated rings. The van der Waals surface area contributed by atoms with Gasteiger partial charge in [0, 0.05) is 37.1 Å². The zero-order valence-electron chi connectivity index (χ0n) is 16.2. The van der Waals surface area contributed by atoms with E-state index in [4.69, 9.17) is 5.21 Å². The van der Waals surface area contributed by atoms with Crippen LogP contribution in [0.2, 0.25) is 0 Å². The van der Waals surface area contributed by atoms with Gasteiger partial charge in [0.15, 0.2) is 5.78 Å². The molecule has 2 aromatic carbocycles. The van der Waals surface area contributed by atoms with Crippen molar-refractivity contribution in [2.45, 2.75) is 12.8 Å². The summed E-state index contributed by atoms with van der Waals surface area (Å²) in [5, 5.41) is 12.0. The standard InChI is InChI=1S/C23H20N4O3/c28-22(10-9-19-15-24-20-3-1-2-4-21(20)25-19)16-5-7-17(8-6-16)23(29)27-13-11-18(26-30)12-14-27/h1-10,15,30H,11-14H2. The van der Waals surface area contributed by atoms with Gasteiger partial charge in [-0.25, -0.2) is 4.98 Å². The second-order valence-corrected chi connectivity index (χ2v) is 7.02. The predicted octanol–water partition coefficient (Wildman–Crippen LogP) is 3.59. The third-order valence-corrected chi connectivity index (χ3v) is 5.06. The number of rotatable bonds is 4. The number of carbonyl (C=O) groups is 2. The van der Waals surface area contributed by atoms with Crippen LogP contribution in [-0.4, -0.2) is 50.6 Å². The molecule has 1 aliphatic rings. The Balaban J connectivity index is 1.42. The number of likely N-dealkylation sites (tertiary alicyclic amines) is 1. The maximum atomic E-state index is 12.6. The quantitative estimate of drug-likeness (QED) is 0.312. The first-order chi connectivity index (χ1) is 14.6. The summed E-state index contributed by atoms with van der Waals surface area (Å²) in [7, 11) is 0. The van der Waals surface area contributed by atoms with Gasteiger partial charge < -0.3 is 10.1 Å². The monoisotopic (exact) mass is 400 g/mol. The number of aromatic nitrogens is 2. The molecule has 0 aliphatic carbocycles. The first kappa shape index (κ1) is 19.4. The van der Waals surface area contributed by atoms with Crippen LogP contribution in [0.1, 0.15) is 39.3 Å². The Morgan fingerprint density at radius 3 is 2.33 bits per heavy atom. The van der Waals surface area contributed by atoms with E-state index in [1.807, 2.05) is 24.3 Å². The molecule has 4 rings (SSSR count). The molecule has 0 atom stereocenters. The zero-order chi connectivity index (χ0) is 20.9. The maximum Gasteiger partial charge on any atom is 0.253 e. The maximum absolute atomic E-state index is 12.6. The third kappa shape index (κ3) is 4.25. The van der Waals surface area contributed by atoms with E-state index in [2.05, 4.69) is 15.1 Å². The van der Waals surface area contributed by atoms with Gasteiger partial charge in [0.05, 0.1) is 28.6 Å². The lowest BCUT2D eigenvalue weighted by Gasteiger charge is -2.27. The minimum atomic E-state index is -0.175. The van der Waals surface area contributed by atoms with E-state index in [9.17, 15) is 9.59 Å². The smallest absolute Gasteiger partial charge is 0.253 e. The highest BCUT2D eigenvalue weighted by Gasteiger charge is 2.21. The third-order valence-electron chi connectivity index (χ3n) is 5.06. The first-order valence-corrected chi connectivity index (χ1v) is 9.67. The number of oxime groups is 1. The summed E-state index contributed by atoms with van der Waals surface area (Å²) in [6.07, 6.45) is 5.85. The summed E-state index contributed by atoms with van der Waals surface area (Å²) >= 11 is 0. The van der Waals surface area contributed by atoms with Gasteiger partial charge in [-0.3, -0.25) is 14.6 Å². The molecule has 3 aromatic rings. The fourth-order valence-electron chi connectivity index (χ4n) is 3.34. The van der Waals surface area contributed by atoms with E-state index in [0.717, 1.165) is 11.0 Å². The first-order valence-electron chi connectivity index (χ1n) is 9.67. The molecule has 7 nitrogen and oxygen atoms in total. The number of allylic oxidation sites excluding steroid dienone is 1. The summed E-state index contributed by atoms with van der Waals surface area (Å²) in [5.74, 6) is -0.265. The Bertz CT molecular complexity index is 1140. The molecule has 0 saturated carbocycles. The van der Waals surface area contributed by atoms with Gasteiger partial charge in [-0.1, -0.05) is 29.4 Å². The molecule has 0 spiro atoms. The van der Waals surface area contributed by atoms with Crippen LogP contribution in [0.25, 0.3) is 17.1 Å². The second-order valence-electron chi connectivity index (χ2n) is 7.02. The van der Waals surface area contributed by atoms with Crippen LogP contribution in [0.15, 0.2) is 66.0 Å². The fourth-order valence-corrected chi connectivity index (χ4v) is 3.34. The highest BCUT2D eigenvalue weighted by molar-refractivity contribution is 6.07. The number of hydrogen-bond acceptors (Lipinski definition) is 6. The van der Waals surface area contributed by atoms with Crippen molar-refractivity contribution in [2.24, 2.45) is 5.16 Å². The normalized spacial score (nSPS) is 14.3. The Morgan fingerprint density at radius 2 is 1.63 bits per heavy atom. The van der Waals surface area contributed by atoms with Crippen molar-refractivity contribution in [3.63, 3.8) is 0 Å². The Hall–Kier alpha value is -3.87. The van der Waals surface area contributed by atoms with Crippen LogP contribution in [0, 0.1) is 0 Å². The molecule has 1 N–H and O–H groups in total. The molecule has 1 aliphatic heterocycles. The van der Waals surface area contributed by atoms with E-state index in [-0.39, 0.29) is 11.7 Å². The number of para-hydroxylation sites is 2. The summed E-state index contributed by atoms with van der Waals surface area (Å²) in [4.78, 5) is 35.6. The number of piperidine rings is 1. The summed E-state index contributed by atoms with van der Waals surface area (Å²) in [6.45, 7) is 1.04. The summed E-state index contributed by atoms with van der Waals surface area (Å²) in [5.41, 5.74) is 3.90. The molecule has 150 valence electrons. The molecule has 1 aromatic heterocycles. The van der Waals surface area contributed by atoms with Gasteiger partial charge >= 0.3 is 0 Å². The van der Waals surface area contributed by atoms with Crippen molar-refractivity contribution in [3.05, 3.63) is 77.6 Å². The minimum absolute atomic E-state index is 0.0898. The molecule has 0 unspecified atom stereocenters. The van der Waals surface area contributed by atoms with Crippen molar-refractivity contribution < 1.29 is 14.8 Å². The largest absolute Gasteiger partial charge is 0.411 e. The SMILES string of the molecule is O=C(C=Cc1cnc2ccccc2n1)c1ccc(C(=O)N2CCC(=NO)CC2)cc1. The van der Waals surface area contributed by atoms with Crippen LogP contribution in [-0.2, 0) is 0 Å². The van der Waals surface area contributed by atoms with E-state index in [1.165, 1.54) is 6.08 Å². The van der Waals surface area contributed by atoms with Crippen molar-refractivity contribution >= 4 is 34.5 Å². The number of carbonyl (C=O) groups excluding carboxylic acids is 2. The number of amides is 1. The number of fused-ring (bicyclic) bond motifs is 1. The average molecular weight is 400 g/mol. The molecular weight excluding hydrogens is 380 g/mol. The molecule has 0 bridgehead atoms. The number of hydrogen-bond donors (Lipinski definition) is 1. The lowest BCUT2D eigenvalue weighted by Crippen LogP contribution is -2.38. The topological polar surface area (TPSA) is 95.8 Å². The zero-order valence-corrected chi connectivity index (χ0v) is 16.2. The van der Waals surface area contributed by atoms with Gasteiger partial charge in [0.25, 0.3) is 5.91 Å². The van der Waals surface area contributed by atoms with E-state index < -0.39 is 0 Å². The van der Waals surface area contributed by atoms with E-state index in [0.29, 0.717) is 48.5 Å². The molecular formula is C23H20N4O3. The van der Waals surface area contributed by atoms with Crippen molar-refractivity contribution in [2.75, 3.05) is 13.1 Å². The van der Waals surface area contributed by atoms with Crippen molar-refractivity contribution in [1.82, 2.24) is 14.9 Å². The van der Waals surface area contributed by atoms with Crippen molar-refractivity contribution in [1.29, 1.82) is 0 Å². The second kappa shape index (κ2) is 8.65. The predicted molar refractivity (Wildman–Crippen MR) is 114 cm³/mol. The highest BCUT2D eigenvalue weighted by atomic mass is 16.4. The number of nitrogens with zero attached hydrogens (tertiary/aromatic N) is 4. The lowest BCUT2D eigenvalue weighted by atomic mass is 10.0. The van der Waals surface area contributed by atoms with E-state index in [1.54, 1.807) is 41.4 Å². The molecule has 30 heavy (non-hydrogen) atoms. The van der Waals surface area contributed by atoms with E-state index >= 15 is 0 Å². The Morgan fingerprint density at radius 1 is 0.967 bits per heavy atom. The molecule has 0 radical (unpaired) electrons. The minimum Gasteiger partial charge on any atom is -0.411 e. The molecule has 1 saturated heterocycles. The lowest BCUT2D eigenvalue weighted by molar-refractivity contribution is 0.0753. The fraction of sp³-hybridized carbons (Fsp3) is 0.174. The van der Waals surface area contributed by atoms with Crippen LogP contribution in [0.4, 0.5) is 0 Å². The van der Waals surface area contributed by atoms with Gasteiger partial charge in [0.1, 0.15) is 0 Å². The molecule has 7 heteroatoms. The summed E-state index contributed by atoms with van der Waals surface area (Å²) < 4.78 is 0. The van der Waals surface area contributed by atoms with Crippen LogP contribution in [0.3, 0.4) is 0 Å². The number of benzene rings is 2. The number of ketones is 1. The summed E-state index contributed by atoms with van der Waals surface area (Å²) in [6, 6.07) is 14.2. The van der Waals surface area contributed by atoms with Gasteiger partial charge in [-0.15, -0.1) is 0 Å². The van der Waals surface area contributed by atoms with Gasteiger partial charge in [0.2, 0.25) is 0 Å². The molecule has 2 heterocycles. The average Bonchev–Trinajstić information content (AvgIpc) is 2.82. The van der Waals surface area contributed by atoms with Gasteiger partial charge in [-0.05, 0) is 36.4 Å². The Labute approximate surface area is 173 Å². The highest BCUT2D eigenvalue weighted by Crippen LogP contribution is 2.14. The van der Waals surface area contributed by atoms with Crippen LogP contribution in [0.5, 0.6) is 0 Å². The van der Waals surface area contributed by atoms with Crippen molar-refractivity contribution in [3.8, 4) is 0 Å². The van der Waals surface area contributed by atoms with Crippen LogP contribution < -0.4 is 0 Å². The Kier molecular flexibility index (Phi) is 5.61.